The number of rotatable bonds is 9. The maximum absolute atomic E-state index is 12.2. The second-order valence-electron chi connectivity index (χ2n) is 5.50. The molecule has 1 N–H and O–H groups in total. The maximum atomic E-state index is 12.2. The Morgan fingerprint density at radius 1 is 1.25 bits per heavy atom. The Labute approximate surface area is 156 Å². The number of hydrogen-bond acceptors (Lipinski definition) is 6. The highest BCUT2D eigenvalue weighted by Gasteiger charge is 2.17. The number of carbonyl (C=O) groups is 1. The molecule has 0 saturated carbocycles. The van der Waals surface area contributed by atoms with Crippen molar-refractivity contribution >= 4 is 40.8 Å². The van der Waals surface area contributed by atoms with Gasteiger partial charge in [-0.3, -0.25) is 4.79 Å². The quantitative estimate of drug-likeness (QED) is 0.511. The van der Waals surface area contributed by atoms with Crippen molar-refractivity contribution in [2.45, 2.75) is 54.1 Å². The van der Waals surface area contributed by atoms with Gasteiger partial charge in [0.1, 0.15) is 0 Å². The Morgan fingerprint density at radius 3 is 2.67 bits per heavy atom. The summed E-state index contributed by atoms with van der Waals surface area (Å²) in [5, 5.41) is 11.2. The third kappa shape index (κ3) is 6.45. The number of aryl methyl sites for hydroxylation is 1. The fourth-order valence-corrected chi connectivity index (χ4v) is 5.19. The highest BCUT2D eigenvalue weighted by molar-refractivity contribution is 8.03. The first kappa shape index (κ1) is 19.3. The Balaban J connectivity index is 1.77. The molecule has 0 spiro atoms. The van der Waals surface area contributed by atoms with Crippen LogP contribution in [0.2, 0.25) is 0 Å². The van der Waals surface area contributed by atoms with Crippen molar-refractivity contribution in [1.29, 1.82) is 0 Å². The van der Waals surface area contributed by atoms with Crippen LogP contribution in [0.4, 0.5) is 0 Å². The number of nitrogens with one attached hydrogen (secondary N) is 1. The lowest BCUT2D eigenvalue weighted by molar-refractivity contribution is -0.120. The highest BCUT2D eigenvalue weighted by Crippen LogP contribution is 2.31. The van der Waals surface area contributed by atoms with Gasteiger partial charge in [0.2, 0.25) is 5.91 Å². The van der Waals surface area contributed by atoms with E-state index in [1.165, 1.54) is 30.2 Å². The number of benzene rings is 1. The van der Waals surface area contributed by atoms with E-state index in [4.69, 9.17) is 0 Å². The van der Waals surface area contributed by atoms with Crippen LogP contribution in [-0.2, 0) is 11.3 Å². The fourth-order valence-electron chi connectivity index (χ4n) is 1.85. The molecule has 1 aromatic carbocycles. The summed E-state index contributed by atoms with van der Waals surface area (Å²) in [7, 11) is 0. The normalized spacial score (nSPS) is 12.1. The van der Waals surface area contributed by atoms with Gasteiger partial charge in [-0.1, -0.05) is 78.0 Å². The third-order valence-electron chi connectivity index (χ3n) is 3.35. The van der Waals surface area contributed by atoms with Crippen LogP contribution in [-0.4, -0.2) is 27.1 Å². The van der Waals surface area contributed by atoms with Gasteiger partial charge in [0.25, 0.3) is 0 Å². The third-order valence-corrected chi connectivity index (χ3v) is 6.67. The summed E-state index contributed by atoms with van der Waals surface area (Å²) in [6.45, 7) is 6.69. The molecule has 4 nitrogen and oxygen atoms in total. The molecule has 2 rings (SSSR count). The number of carbonyl (C=O) groups excluding carboxylic acids is 1. The van der Waals surface area contributed by atoms with E-state index in [1.54, 1.807) is 23.1 Å². The van der Waals surface area contributed by atoms with E-state index < -0.39 is 0 Å². The van der Waals surface area contributed by atoms with E-state index in [2.05, 4.69) is 41.5 Å². The summed E-state index contributed by atoms with van der Waals surface area (Å²) in [5.74, 6) is 1.10. The molecule has 1 aromatic heterocycles. The zero-order chi connectivity index (χ0) is 17.4. The minimum atomic E-state index is -0.183. The summed E-state index contributed by atoms with van der Waals surface area (Å²) >= 11 is 4.78. The number of unbranched alkanes of at least 4 members (excludes halogenated alkanes) is 1. The lowest BCUT2D eigenvalue weighted by Gasteiger charge is -2.10. The molecule has 0 saturated heterocycles. The monoisotopic (exact) mass is 381 g/mol. The second-order valence-corrected chi connectivity index (χ2v) is 9.41. The summed E-state index contributed by atoms with van der Waals surface area (Å²) < 4.78 is 1.84. The molecule has 0 aliphatic heterocycles. The van der Waals surface area contributed by atoms with Crippen LogP contribution in [0.3, 0.4) is 0 Å². The Bertz CT molecular complexity index is 643. The van der Waals surface area contributed by atoms with Crippen LogP contribution in [0.5, 0.6) is 0 Å². The average molecular weight is 382 g/mol. The predicted octanol–water partition coefficient (Wildman–Crippen LogP) is 4.54. The largest absolute Gasteiger partial charge is 0.351 e. The van der Waals surface area contributed by atoms with Crippen LogP contribution < -0.4 is 5.32 Å². The maximum Gasteiger partial charge on any atom is 0.233 e. The van der Waals surface area contributed by atoms with E-state index in [0.717, 1.165) is 20.0 Å². The molecule has 2 aromatic rings. The Hall–Kier alpha value is -1.05. The van der Waals surface area contributed by atoms with Gasteiger partial charge in [-0.25, -0.2) is 0 Å². The second kappa shape index (κ2) is 10.1. The first-order valence-electron chi connectivity index (χ1n) is 8.04. The Kier molecular flexibility index (Phi) is 8.08. The average Bonchev–Trinajstić information content (AvgIpc) is 3.01. The Morgan fingerprint density at radius 2 is 1.96 bits per heavy atom. The standard InChI is InChI=1S/C17H23N3OS3/c1-4-5-10-22-16-19-20-17(24-16)23-13(3)15(21)18-11-14-8-6-12(2)7-9-14/h6-9,13H,4-5,10-11H2,1-3H3,(H,18,21). The molecule has 0 fully saturated rings. The number of amides is 1. The molecule has 0 bridgehead atoms. The summed E-state index contributed by atoms with van der Waals surface area (Å²) in [4.78, 5) is 12.2. The van der Waals surface area contributed by atoms with Crippen LogP contribution >= 0.6 is 34.9 Å². The van der Waals surface area contributed by atoms with Crippen molar-refractivity contribution in [3.05, 3.63) is 35.4 Å². The minimum Gasteiger partial charge on any atom is -0.351 e. The molecule has 130 valence electrons. The molecule has 0 radical (unpaired) electrons. The molecule has 7 heteroatoms. The fraction of sp³-hybridized carbons (Fsp3) is 0.471. The van der Waals surface area contributed by atoms with E-state index in [9.17, 15) is 4.79 Å². The smallest absolute Gasteiger partial charge is 0.233 e. The molecular formula is C17H23N3OS3. The number of aromatic nitrogens is 2. The van der Waals surface area contributed by atoms with Gasteiger partial charge in [0.05, 0.1) is 5.25 Å². The van der Waals surface area contributed by atoms with Gasteiger partial charge in [-0.05, 0) is 25.8 Å². The number of hydrogen-bond donors (Lipinski definition) is 1. The van der Waals surface area contributed by atoms with Crippen molar-refractivity contribution in [2.75, 3.05) is 5.75 Å². The topological polar surface area (TPSA) is 54.9 Å². The van der Waals surface area contributed by atoms with Gasteiger partial charge in [-0.2, -0.15) is 0 Å². The predicted molar refractivity (Wildman–Crippen MR) is 104 cm³/mol. The van der Waals surface area contributed by atoms with Gasteiger partial charge in [0.15, 0.2) is 8.68 Å². The number of thioether (sulfide) groups is 2. The molecule has 24 heavy (non-hydrogen) atoms. The number of nitrogens with zero attached hydrogens (tertiary/aromatic N) is 2. The summed E-state index contributed by atoms with van der Waals surface area (Å²) in [5.41, 5.74) is 2.33. The van der Waals surface area contributed by atoms with E-state index in [0.29, 0.717) is 6.54 Å². The van der Waals surface area contributed by atoms with Crippen molar-refractivity contribution < 1.29 is 4.79 Å². The van der Waals surface area contributed by atoms with E-state index >= 15 is 0 Å². The molecule has 1 atom stereocenters. The van der Waals surface area contributed by atoms with Crippen molar-refractivity contribution in [1.82, 2.24) is 15.5 Å². The lowest BCUT2D eigenvalue weighted by Crippen LogP contribution is -2.30. The first-order valence-corrected chi connectivity index (χ1v) is 10.7. The van der Waals surface area contributed by atoms with Gasteiger partial charge in [-0.15, -0.1) is 10.2 Å². The molecule has 1 unspecified atom stereocenters. The first-order chi connectivity index (χ1) is 11.6. The van der Waals surface area contributed by atoms with Crippen LogP contribution in [0.1, 0.15) is 37.8 Å². The SMILES string of the molecule is CCCCSc1nnc(SC(C)C(=O)NCc2ccc(C)cc2)s1. The molecule has 0 aliphatic rings. The molecule has 1 heterocycles. The van der Waals surface area contributed by atoms with Crippen molar-refractivity contribution in [2.24, 2.45) is 0 Å². The van der Waals surface area contributed by atoms with Crippen LogP contribution in [0.15, 0.2) is 32.9 Å². The van der Waals surface area contributed by atoms with Crippen LogP contribution in [0, 0.1) is 6.92 Å². The zero-order valence-electron chi connectivity index (χ0n) is 14.2. The molecule has 1 amide bonds. The van der Waals surface area contributed by atoms with Crippen LogP contribution in [0.25, 0.3) is 0 Å². The summed E-state index contributed by atoms with van der Waals surface area (Å²) in [6, 6.07) is 8.19. The van der Waals surface area contributed by atoms with Gasteiger partial charge in [0, 0.05) is 12.3 Å². The van der Waals surface area contributed by atoms with Gasteiger partial charge >= 0.3 is 0 Å². The summed E-state index contributed by atoms with van der Waals surface area (Å²) in [6.07, 6.45) is 2.37. The zero-order valence-corrected chi connectivity index (χ0v) is 16.7. The lowest BCUT2D eigenvalue weighted by atomic mass is 10.1. The van der Waals surface area contributed by atoms with E-state index in [1.807, 2.05) is 19.1 Å². The van der Waals surface area contributed by atoms with Crippen molar-refractivity contribution in [3.63, 3.8) is 0 Å². The van der Waals surface area contributed by atoms with Crippen molar-refractivity contribution in [3.8, 4) is 0 Å². The van der Waals surface area contributed by atoms with E-state index in [-0.39, 0.29) is 11.2 Å². The molecular weight excluding hydrogens is 358 g/mol. The highest BCUT2D eigenvalue weighted by atomic mass is 32.2. The minimum absolute atomic E-state index is 0.0240. The van der Waals surface area contributed by atoms with Gasteiger partial charge < -0.3 is 5.32 Å². The molecule has 0 aliphatic carbocycles.